The van der Waals surface area contributed by atoms with E-state index in [-0.39, 0.29) is 11.5 Å². The largest absolute Gasteiger partial charge is 0.388 e. The van der Waals surface area contributed by atoms with Gasteiger partial charge in [0.25, 0.3) is 0 Å². The van der Waals surface area contributed by atoms with Crippen LogP contribution in [0.2, 0.25) is 0 Å². The first-order chi connectivity index (χ1) is 6.50. The summed E-state index contributed by atoms with van der Waals surface area (Å²) >= 11 is 0. The monoisotopic (exact) mass is 190 g/mol. The Balaban J connectivity index is 2.55. The SMILES string of the molecule is CC(C)(C)c1cccc2c1CC[C@@H]2O. The Labute approximate surface area is 85.8 Å². The number of fused-ring (bicyclic) bond motifs is 1. The molecule has 0 saturated carbocycles. The number of benzene rings is 1. The Bertz CT molecular complexity index is 347. The van der Waals surface area contributed by atoms with Gasteiger partial charge in [0, 0.05) is 0 Å². The zero-order chi connectivity index (χ0) is 10.3. The van der Waals surface area contributed by atoms with Crippen LogP contribution in [-0.4, -0.2) is 5.11 Å². The van der Waals surface area contributed by atoms with Gasteiger partial charge in [0.15, 0.2) is 0 Å². The minimum Gasteiger partial charge on any atom is -0.388 e. The van der Waals surface area contributed by atoms with Crippen LogP contribution in [-0.2, 0) is 11.8 Å². The molecule has 0 bridgehead atoms. The number of hydrogen-bond donors (Lipinski definition) is 1. The van der Waals surface area contributed by atoms with Crippen molar-refractivity contribution in [2.75, 3.05) is 0 Å². The second-order valence-electron chi connectivity index (χ2n) is 5.18. The van der Waals surface area contributed by atoms with Crippen molar-refractivity contribution in [2.24, 2.45) is 0 Å². The third kappa shape index (κ3) is 1.46. The fraction of sp³-hybridized carbons (Fsp3) is 0.538. The maximum absolute atomic E-state index is 9.77. The fourth-order valence-electron chi connectivity index (χ4n) is 2.34. The predicted molar refractivity (Wildman–Crippen MR) is 58.4 cm³/mol. The van der Waals surface area contributed by atoms with Crippen LogP contribution in [0.25, 0.3) is 0 Å². The average Bonchev–Trinajstić information content (AvgIpc) is 2.46. The molecule has 14 heavy (non-hydrogen) atoms. The van der Waals surface area contributed by atoms with Crippen LogP contribution in [0.3, 0.4) is 0 Å². The number of hydrogen-bond acceptors (Lipinski definition) is 1. The number of aliphatic hydroxyl groups is 1. The van der Waals surface area contributed by atoms with Gasteiger partial charge in [0.05, 0.1) is 6.10 Å². The third-order valence-corrected chi connectivity index (χ3v) is 3.05. The van der Waals surface area contributed by atoms with Crippen molar-refractivity contribution in [3.63, 3.8) is 0 Å². The van der Waals surface area contributed by atoms with Crippen molar-refractivity contribution in [2.45, 2.75) is 45.1 Å². The summed E-state index contributed by atoms with van der Waals surface area (Å²) in [4.78, 5) is 0. The Hall–Kier alpha value is -0.820. The van der Waals surface area contributed by atoms with E-state index in [2.05, 4.69) is 39.0 Å². The summed E-state index contributed by atoms with van der Waals surface area (Å²) in [6.07, 6.45) is 1.69. The normalized spacial score (nSPS) is 21.0. The van der Waals surface area contributed by atoms with E-state index >= 15 is 0 Å². The minimum absolute atomic E-state index is 0.190. The lowest BCUT2D eigenvalue weighted by Crippen LogP contribution is -2.14. The maximum Gasteiger partial charge on any atom is 0.0796 e. The van der Waals surface area contributed by atoms with E-state index in [4.69, 9.17) is 0 Å². The lowest BCUT2D eigenvalue weighted by atomic mass is 9.82. The zero-order valence-corrected chi connectivity index (χ0v) is 9.17. The maximum atomic E-state index is 9.77. The van der Waals surface area contributed by atoms with Gasteiger partial charge in [0.1, 0.15) is 0 Å². The molecule has 0 spiro atoms. The van der Waals surface area contributed by atoms with E-state index < -0.39 is 0 Å². The van der Waals surface area contributed by atoms with Gasteiger partial charge in [-0.15, -0.1) is 0 Å². The molecule has 0 amide bonds. The molecule has 0 aliphatic heterocycles. The van der Waals surface area contributed by atoms with Crippen molar-refractivity contribution in [1.29, 1.82) is 0 Å². The molecule has 1 nitrogen and oxygen atoms in total. The highest BCUT2D eigenvalue weighted by atomic mass is 16.3. The smallest absolute Gasteiger partial charge is 0.0796 e. The first kappa shape index (κ1) is 9.72. The molecule has 0 unspecified atom stereocenters. The van der Waals surface area contributed by atoms with E-state index in [9.17, 15) is 5.11 Å². The van der Waals surface area contributed by atoms with Crippen LogP contribution in [0.4, 0.5) is 0 Å². The Morgan fingerprint density at radius 2 is 2.00 bits per heavy atom. The molecule has 0 radical (unpaired) electrons. The molecule has 0 saturated heterocycles. The summed E-state index contributed by atoms with van der Waals surface area (Å²) in [5.74, 6) is 0. The van der Waals surface area contributed by atoms with E-state index in [1.54, 1.807) is 0 Å². The van der Waals surface area contributed by atoms with Crippen molar-refractivity contribution in [3.05, 3.63) is 34.9 Å². The van der Waals surface area contributed by atoms with E-state index in [0.717, 1.165) is 18.4 Å². The van der Waals surface area contributed by atoms with E-state index in [1.807, 2.05) is 0 Å². The standard InChI is InChI=1S/C13H18O/c1-13(2,3)11-6-4-5-10-9(11)7-8-12(10)14/h4-6,12,14H,7-8H2,1-3H3/t12-/m0/s1. The van der Waals surface area contributed by atoms with Crippen LogP contribution in [0.1, 0.15) is 50.0 Å². The van der Waals surface area contributed by atoms with E-state index in [0.29, 0.717) is 0 Å². The Morgan fingerprint density at radius 1 is 1.29 bits per heavy atom. The van der Waals surface area contributed by atoms with Crippen LogP contribution < -0.4 is 0 Å². The van der Waals surface area contributed by atoms with E-state index in [1.165, 1.54) is 11.1 Å². The van der Waals surface area contributed by atoms with Gasteiger partial charge in [0.2, 0.25) is 0 Å². The van der Waals surface area contributed by atoms with Crippen molar-refractivity contribution in [1.82, 2.24) is 0 Å². The molecular formula is C13H18O. The molecule has 0 fully saturated rings. The van der Waals surface area contributed by atoms with Crippen LogP contribution >= 0.6 is 0 Å². The molecule has 1 heteroatoms. The molecule has 1 atom stereocenters. The second kappa shape index (κ2) is 3.09. The Kier molecular flexibility index (Phi) is 2.15. The molecule has 1 aromatic rings. The first-order valence-electron chi connectivity index (χ1n) is 5.30. The minimum atomic E-state index is -0.229. The van der Waals surface area contributed by atoms with Gasteiger partial charge >= 0.3 is 0 Å². The molecule has 1 N–H and O–H groups in total. The lowest BCUT2D eigenvalue weighted by molar-refractivity contribution is 0.180. The zero-order valence-electron chi connectivity index (χ0n) is 9.17. The van der Waals surface area contributed by atoms with Gasteiger partial charge in [-0.3, -0.25) is 0 Å². The van der Waals surface area contributed by atoms with Crippen molar-refractivity contribution in [3.8, 4) is 0 Å². The first-order valence-corrected chi connectivity index (χ1v) is 5.30. The fourth-order valence-corrected chi connectivity index (χ4v) is 2.34. The molecule has 1 aliphatic rings. The summed E-state index contributed by atoms with van der Waals surface area (Å²) in [6, 6.07) is 6.31. The van der Waals surface area contributed by atoms with Crippen molar-refractivity contribution < 1.29 is 5.11 Å². The molecular weight excluding hydrogens is 172 g/mol. The topological polar surface area (TPSA) is 20.2 Å². The highest BCUT2D eigenvalue weighted by molar-refractivity contribution is 5.43. The summed E-state index contributed by atoms with van der Waals surface area (Å²) in [7, 11) is 0. The lowest BCUT2D eigenvalue weighted by Gasteiger charge is -2.22. The second-order valence-corrected chi connectivity index (χ2v) is 5.18. The summed E-state index contributed by atoms with van der Waals surface area (Å²) < 4.78 is 0. The van der Waals surface area contributed by atoms with Gasteiger partial charge in [-0.2, -0.15) is 0 Å². The van der Waals surface area contributed by atoms with Crippen LogP contribution in [0.15, 0.2) is 18.2 Å². The highest BCUT2D eigenvalue weighted by Gasteiger charge is 2.26. The summed E-state index contributed by atoms with van der Waals surface area (Å²) in [5, 5.41) is 9.77. The van der Waals surface area contributed by atoms with Crippen LogP contribution in [0, 0.1) is 0 Å². The molecule has 1 aromatic carbocycles. The third-order valence-electron chi connectivity index (χ3n) is 3.05. The van der Waals surface area contributed by atoms with Gasteiger partial charge in [-0.1, -0.05) is 39.0 Å². The molecule has 2 rings (SSSR count). The highest BCUT2D eigenvalue weighted by Crippen LogP contribution is 2.37. The Morgan fingerprint density at radius 3 is 2.64 bits per heavy atom. The van der Waals surface area contributed by atoms with Gasteiger partial charge in [-0.05, 0) is 34.9 Å². The number of aliphatic hydroxyl groups excluding tert-OH is 1. The number of rotatable bonds is 0. The van der Waals surface area contributed by atoms with Gasteiger partial charge < -0.3 is 5.11 Å². The summed E-state index contributed by atoms with van der Waals surface area (Å²) in [6.45, 7) is 6.69. The van der Waals surface area contributed by atoms with Crippen LogP contribution in [0.5, 0.6) is 0 Å². The molecule has 76 valence electrons. The molecule has 0 heterocycles. The average molecular weight is 190 g/mol. The molecule has 1 aliphatic carbocycles. The summed E-state index contributed by atoms with van der Waals surface area (Å²) in [5.41, 5.74) is 4.12. The predicted octanol–water partition coefficient (Wildman–Crippen LogP) is 2.96. The van der Waals surface area contributed by atoms with Gasteiger partial charge in [-0.25, -0.2) is 0 Å². The quantitative estimate of drug-likeness (QED) is 0.667. The van der Waals surface area contributed by atoms with Crippen molar-refractivity contribution >= 4 is 0 Å². The molecule has 0 aromatic heterocycles.